The van der Waals surface area contributed by atoms with E-state index in [4.69, 9.17) is 11.6 Å². The summed E-state index contributed by atoms with van der Waals surface area (Å²) in [4.78, 5) is 9.97. The molecule has 0 bridgehead atoms. The van der Waals surface area contributed by atoms with Crippen molar-refractivity contribution in [3.63, 3.8) is 0 Å². The SMILES string of the molecule is CCCCC(=O)Cl.[V]. The number of carbonyl (C=O) groups is 1. The van der Waals surface area contributed by atoms with Crippen molar-refractivity contribution in [3.05, 3.63) is 0 Å². The monoisotopic (exact) mass is 171 g/mol. The number of hydrogen-bond acceptors (Lipinski definition) is 1. The van der Waals surface area contributed by atoms with E-state index in [2.05, 4.69) is 0 Å². The van der Waals surface area contributed by atoms with Crippen molar-refractivity contribution in [2.45, 2.75) is 26.2 Å². The molecule has 0 amide bonds. The Bertz CT molecular complexity index is 65.4. The van der Waals surface area contributed by atoms with Gasteiger partial charge in [-0.2, -0.15) is 0 Å². The smallest absolute Gasteiger partial charge is 0.221 e. The molecule has 0 saturated carbocycles. The fraction of sp³-hybridized carbons (Fsp3) is 0.800. The van der Waals surface area contributed by atoms with Crippen LogP contribution in [0.3, 0.4) is 0 Å². The number of carbonyl (C=O) groups excluding carboxylic acids is 1. The summed E-state index contributed by atoms with van der Waals surface area (Å²) in [5, 5.41) is -0.221. The molecule has 0 rings (SSSR count). The van der Waals surface area contributed by atoms with Crippen molar-refractivity contribution in [3.8, 4) is 0 Å². The van der Waals surface area contributed by atoms with Gasteiger partial charge in [0.25, 0.3) is 0 Å². The van der Waals surface area contributed by atoms with Crippen LogP contribution in [-0.4, -0.2) is 5.24 Å². The van der Waals surface area contributed by atoms with Crippen LogP contribution >= 0.6 is 11.6 Å². The van der Waals surface area contributed by atoms with Crippen molar-refractivity contribution < 1.29 is 23.4 Å². The van der Waals surface area contributed by atoms with Crippen molar-refractivity contribution in [1.29, 1.82) is 0 Å². The molecule has 1 radical (unpaired) electrons. The maximum atomic E-state index is 9.97. The average Bonchev–Trinajstić information content (AvgIpc) is 1.61. The van der Waals surface area contributed by atoms with Gasteiger partial charge in [-0.15, -0.1) is 0 Å². The van der Waals surface area contributed by atoms with E-state index in [0.29, 0.717) is 6.42 Å². The molecule has 47 valence electrons. The molecule has 0 saturated heterocycles. The Morgan fingerprint density at radius 2 is 2.12 bits per heavy atom. The van der Waals surface area contributed by atoms with E-state index >= 15 is 0 Å². The third-order valence-corrected chi connectivity index (χ3v) is 0.916. The fourth-order valence-corrected chi connectivity index (χ4v) is 0.449. The molecule has 1 nitrogen and oxygen atoms in total. The predicted octanol–water partition coefficient (Wildman–Crippen LogP) is 1.94. The molecule has 0 fully saturated rings. The van der Waals surface area contributed by atoms with Crippen LogP contribution < -0.4 is 0 Å². The first-order valence-electron chi connectivity index (χ1n) is 2.45. The Labute approximate surface area is 66.7 Å². The molecule has 0 atom stereocenters. The van der Waals surface area contributed by atoms with E-state index in [0.717, 1.165) is 12.8 Å². The van der Waals surface area contributed by atoms with Crippen LogP contribution in [0.5, 0.6) is 0 Å². The van der Waals surface area contributed by atoms with Gasteiger partial charge in [0.15, 0.2) is 0 Å². The Hall–Kier alpha value is 0.544. The zero-order chi connectivity index (χ0) is 5.70. The number of unbranched alkanes of at least 4 members (excludes halogenated alkanes) is 1. The van der Waals surface area contributed by atoms with Crippen molar-refractivity contribution in [2.75, 3.05) is 0 Å². The zero-order valence-electron chi connectivity index (χ0n) is 4.85. The van der Waals surface area contributed by atoms with Crippen molar-refractivity contribution in [2.24, 2.45) is 0 Å². The summed E-state index contributed by atoms with van der Waals surface area (Å²) < 4.78 is 0. The van der Waals surface area contributed by atoms with E-state index < -0.39 is 0 Å². The molecule has 0 aliphatic heterocycles. The quantitative estimate of drug-likeness (QED) is 0.593. The normalized spacial score (nSPS) is 7.75. The topological polar surface area (TPSA) is 17.1 Å². The summed E-state index contributed by atoms with van der Waals surface area (Å²) in [6.07, 6.45) is 2.48. The molecule has 0 spiro atoms. The molecule has 3 heteroatoms. The minimum Gasteiger partial charge on any atom is -0.281 e. The van der Waals surface area contributed by atoms with Gasteiger partial charge in [-0.3, -0.25) is 4.79 Å². The van der Waals surface area contributed by atoms with E-state index in [1.54, 1.807) is 0 Å². The van der Waals surface area contributed by atoms with Gasteiger partial charge in [0.05, 0.1) is 0 Å². The average molecular weight is 172 g/mol. The van der Waals surface area contributed by atoms with Gasteiger partial charge >= 0.3 is 0 Å². The van der Waals surface area contributed by atoms with Crippen LogP contribution in [-0.2, 0) is 23.4 Å². The van der Waals surface area contributed by atoms with Gasteiger partial charge in [-0.1, -0.05) is 13.3 Å². The van der Waals surface area contributed by atoms with E-state index in [1.807, 2.05) is 6.92 Å². The molecule has 0 aliphatic rings. The Balaban J connectivity index is 0. The van der Waals surface area contributed by atoms with Crippen LogP contribution in [0, 0.1) is 0 Å². The first-order chi connectivity index (χ1) is 3.27. The molecule has 0 N–H and O–H groups in total. The molecule has 0 heterocycles. The first-order valence-corrected chi connectivity index (χ1v) is 2.83. The fourth-order valence-electron chi connectivity index (χ4n) is 0.316. The molecular weight excluding hydrogens is 162 g/mol. The molecule has 0 aromatic rings. The second-order valence-electron chi connectivity index (χ2n) is 1.46. The van der Waals surface area contributed by atoms with Crippen LogP contribution in [0.25, 0.3) is 0 Å². The standard InChI is InChI=1S/C5H9ClO.V/c1-2-3-4-5(6)7;/h2-4H2,1H3;. The van der Waals surface area contributed by atoms with Gasteiger partial charge in [0.2, 0.25) is 5.24 Å². The van der Waals surface area contributed by atoms with Gasteiger partial charge in [-0.05, 0) is 18.0 Å². The van der Waals surface area contributed by atoms with Crippen molar-refractivity contribution in [1.82, 2.24) is 0 Å². The largest absolute Gasteiger partial charge is 0.281 e. The van der Waals surface area contributed by atoms with E-state index in [9.17, 15) is 4.79 Å². The molecular formula is C5H9ClOV. The molecule has 0 aromatic heterocycles. The second-order valence-corrected chi connectivity index (χ2v) is 1.88. The van der Waals surface area contributed by atoms with Crippen LogP contribution in [0.15, 0.2) is 0 Å². The molecule has 0 aromatic carbocycles. The molecule has 0 aliphatic carbocycles. The van der Waals surface area contributed by atoms with Crippen molar-refractivity contribution >= 4 is 16.8 Å². The van der Waals surface area contributed by atoms with Gasteiger partial charge in [0, 0.05) is 25.0 Å². The summed E-state index contributed by atoms with van der Waals surface area (Å²) in [5.74, 6) is 0. The van der Waals surface area contributed by atoms with Gasteiger partial charge < -0.3 is 0 Å². The number of halogens is 1. The molecule has 0 unspecified atom stereocenters. The first kappa shape index (κ1) is 11.4. The Kier molecular flexibility index (Phi) is 10.7. The second kappa shape index (κ2) is 7.54. The van der Waals surface area contributed by atoms with Crippen LogP contribution in [0.1, 0.15) is 26.2 Å². The third kappa shape index (κ3) is 9.74. The number of hydrogen-bond donors (Lipinski definition) is 0. The van der Waals surface area contributed by atoms with E-state index in [-0.39, 0.29) is 23.8 Å². The summed E-state index contributed by atoms with van der Waals surface area (Å²) >= 11 is 5.02. The van der Waals surface area contributed by atoms with Gasteiger partial charge in [0.1, 0.15) is 0 Å². The summed E-state index contributed by atoms with van der Waals surface area (Å²) in [5.41, 5.74) is 0. The Morgan fingerprint density at radius 1 is 1.62 bits per heavy atom. The zero-order valence-corrected chi connectivity index (χ0v) is 7.01. The van der Waals surface area contributed by atoms with Crippen LogP contribution in [0.2, 0.25) is 0 Å². The van der Waals surface area contributed by atoms with Gasteiger partial charge in [-0.25, -0.2) is 0 Å². The summed E-state index contributed by atoms with van der Waals surface area (Å²) in [7, 11) is 0. The number of rotatable bonds is 3. The maximum absolute atomic E-state index is 9.97. The maximum Gasteiger partial charge on any atom is 0.221 e. The van der Waals surface area contributed by atoms with E-state index in [1.165, 1.54) is 0 Å². The Morgan fingerprint density at radius 3 is 2.25 bits per heavy atom. The summed E-state index contributed by atoms with van der Waals surface area (Å²) in [6, 6.07) is 0. The minimum atomic E-state index is -0.221. The summed E-state index contributed by atoms with van der Waals surface area (Å²) in [6.45, 7) is 2.03. The predicted molar refractivity (Wildman–Crippen MR) is 30.4 cm³/mol. The minimum absolute atomic E-state index is 0. The van der Waals surface area contributed by atoms with Crippen LogP contribution in [0.4, 0.5) is 0 Å². The molecule has 8 heavy (non-hydrogen) atoms. The third-order valence-electron chi connectivity index (χ3n) is 0.727.